The topological polar surface area (TPSA) is 78.3 Å². The average Bonchev–Trinajstić information content (AvgIpc) is 3.32. The van der Waals surface area contributed by atoms with Gasteiger partial charge in [-0.2, -0.15) is 4.98 Å². The standard InChI is InChI=1S/C28H29FN4O3/c1-3-25(20-9-6-5-7-10-20)27(34)30-23-13-15-24(16-14-23)33-26(21-11-8-12-22(29)19-21)31-28(32-33)36-18-17-35-4-2/h5-16,19,25H,3-4,17-18H2,1-2H3,(H,30,34). The summed E-state index contributed by atoms with van der Waals surface area (Å²) < 4.78 is 26.5. The van der Waals surface area contributed by atoms with Crippen LogP contribution in [-0.2, 0) is 9.53 Å². The number of benzene rings is 3. The molecule has 8 heteroatoms. The van der Waals surface area contributed by atoms with Crippen molar-refractivity contribution in [2.45, 2.75) is 26.2 Å². The van der Waals surface area contributed by atoms with Gasteiger partial charge in [0.05, 0.1) is 18.2 Å². The minimum absolute atomic E-state index is 0.0670. The molecule has 7 nitrogen and oxygen atoms in total. The van der Waals surface area contributed by atoms with Crippen LogP contribution in [0.25, 0.3) is 17.1 Å². The monoisotopic (exact) mass is 488 g/mol. The first kappa shape index (κ1) is 25.1. The van der Waals surface area contributed by atoms with Crippen molar-refractivity contribution in [2.24, 2.45) is 0 Å². The fourth-order valence-electron chi connectivity index (χ4n) is 3.86. The zero-order valence-corrected chi connectivity index (χ0v) is 20.4. The lowest BCUT2D eigenvalue weighted by Gasteiger charge is -2.15. The van der Waals surface area contributed by atoms with Crippen LogP contribution in [0.3, 0.4) is 0 Å². The van der Waals surface area contributed by atoms with Crippen LogP contribution in [0.4, 0.5) is 10.1 Å². The summed E-state index contributed by atoms with van der Waals surface area (Å²) in [6.07, 6.45) is 0.690. The van der Waals surface area contributed by atoms with Crippen LogP contribution in [-0.4, -0.2) is 40.5 Å². The average molecular weight is 489 g/mol. The molecule has 1 aromatic heterocycles. The number of carbonyl (C=O) groups excluding carboxylic acids is 1. The lowest BCUT2D eigenvalue weighted by atomic mass is 9.95. The number of rotatable bonds is 11. The van der Waals surface area contributed by atoms with Crippen molar-refractivity contribution in [2.75, 3.05) is 25.1 Å². The Hall–Kier alpha value is -4.04. The number of hydrogen-bond acceptors (Lipinski definition) is 5. The van der Waals surface area contributed by atoms with E-state index in [0.29, 0.717) is 49.0 Å². The van der Waals surface area contributed by atoms with Crippen molar-refractivity contribution in [3.63, 3.8) is 0 Å². The molecule has 0 saturated carbocycles. The Morgan fingerprint density at radius 2 is 1.78 bits per heavy atom. The molecule has 0 saturated heterocycles. The Balaban J connectivity index is 1.56. The molecule has 4 rings (SSSR count). The van der Waals surface area contributed by atoms with Gasteiger partial charge in [-0.3, -0.25) is 4.79 Å². The summed E-state index contributed by atoms with van der Waals surface area (Å²) in [4.78, 5) is 17.4. The van der Waals surface area contributed by atoms with Crippen molar-refractivity contribution in [3.05, 3.63) is 90.2 Å². The second kappa shape index (κ2) is 12.1. The SMILES string of the molecule is CCOCCOc1nc(-c2cccc(F)c2)n(-c2ccc(NC(=O)C(CC)c3ccccc3)cc2)n1. The van der Waals surface area contributed by atoms with E-state index in [1.54, 1.807) is 28.9 Å². The Bertz CT molecular complexity index is 1280. The summed E-state index contributed by atoms with van der Waals surface area (Å²) >= 11 is 0. The van der Waals surface area contributed by atoms with E-state index in [9.17, 15) is 9.18 Å². The molecular weight excluding hydrogens is 459 g/mol. The number of nitrogens with zero attached hydrogens (tertiary/aromatic N) is 3. The van der Waals surface area contributed by atoms with Crippen LogP contribution < -0.4 is 10.1 Å². The third-order valence-electron chi connectivity index (χ3n) is 5.64. The summed E-state index contributed by atoms with van der Waals surface area (Å²) in [5.41, 5.74) is 2.90. The molecule has 0 bridgehead atoms. The van der Waals surface area contributed by atoms with E-state index < -0.39 is 0 Å². The molecule has 0 aliphatic carbocycles. The number of nitrogens with one attached hydrogen (secondary N) is 1. The van der Waals surface area contributed by atoms with E-state index in [2.05, 4.69) is 15.4 Å². The number of halogens is 1. The van der Waals surface area contributed by atoms with E-state index in [0.717, 1.165) is 5.56 Å². The first-order valence-corrected chi connectivity index (χ1v) is 12.0. The van der Waals surface area contributed by atoms with E-state index in [4.69, 9.17) is 9.47 Å². The molecule has 0 fully saturated rings. The van der Waals surface area contributed by atoms with Gasteiger partial charge in [0.2, 0.25) is 5.91 Å². The zero-order valence-electron chi connectivity index (χ0n) is 20.4. The maximum atomic E-state index is 13.9. The molecule has 0 spiro atoms. The van der Waals surface area contributed by atoms with Crippen LogP contribution >= 0.6 is 0 Å². The number of ether oxygens (including phenoxy) is 2. The molecule has 1 amide bonds. The second-order valence-corrected chi connectivity index (χ2v) is 8.09. The van der Waals surface area contributed by atoms with Crippen LogP contribution in [0.5, 0.6) is 6.01 Å². The molecule has 3 aromatic carbocycles. The van der Waals surface area contributed by atoms with Crippen LogP contribution in [0.2, 0.25) is 0 Å². The Morgan fingerprint density at radius 3 is 2.47 bits per heavy atom. The molecule has 4 aromatic rings. The lowest BCUT2D eigenvalue weighted by molar-refractivity contribution is -0.117. The van der Waals surface area contributed by atoms with E-state index in [1.807, 2.05) is 56.3 Å². The van der Waals surface area contributed by atoms with Gasteiger partial charge >= 0.3 is 6.01 Å². The Kier molecular flexibility index (Phi) is 8.41. The molecule has 0 aliphatic rings. The highest BCUT2D eigenvalue weighted by atomic mass is 19.1. The molecular formula is C28H29FN4O3. The fourth-order valence-corrected chi connectivity index (χ4v) is 3.86. The lowest BCUT2D eigenvalue weighted by Crippen LogP contribution is -2.20. The third kappa shape index (κ3) is 6.14. The molecule has 1 atom stereocenters. The maximum absolute atomic E-state index is 13.9. The smallest absolute Gasteiger partial charge is 0.336 e. The summed E-state index contributed by atoms with van der Waals surface area (Å²) in [6.45, 7) is 5.20. The molecule has 1 heterocycles. The highest BCUT2D eigenvalue weighted by Gasteiger charge is 2.19. The van der Waals surface area contributed by atoms with Gasteiger partial charge in [-0.1, -0.05) is 49.4 Å². The zero-order chi connectivity index (χ0) is 25.3. The maximum Gasteiger partial charge on any atom is 0.336 e. The first-order valence-electron chi connectivity index (χ1n) is 12.0. The first-order chi connectivity index (χ1) is 17.6. The number of aromatic nitrogens is 3. The van der Waals surface area contributed by atoms with E-state index in [1.165, 1.54) is 12.1 Å². The van der Waals surface area contributed by atoms with Gasteiger partial charge in [0.15, 0.2) is 5.82 Å². The van der Waals surface area contributed by atoms with Crippen LogP contribution in [0.1, 0.15) is 31.7 Å². The predicted octanol–water partition coefficient (Wildman–Crippen LogP) is 5.62. The molecule has 1 unspecified atom stereocenters. The number of hydrogen-bond donors (Lipinski definition) is 1. The normalized spacial score (nSPS) is 11.8. The minimum atomic E-state index is -0.372. The summed E-state index contributed by atoms with van der Waals surface area (Å²) in [5.74, 6) is -0.240. The summed E-state index contributed by atoms with van der Waals surface area (Å²) in [5, 5.41) is 7.47. The molecule has 1 N–H and O–H groups in total. The largest absolute Gasteiger partial charge is 0.460 e. The predicted molar refractivity (Wildman–Crippen MR) is 137 cm³/mol. The van der Waals surface area contributed by atoms with Crippen molar-refractivity contribution >= 4 is 11.6 Å². The Labute approximate surface area is 209 Å². The van der Waals surface area contributed by atoms with Crippen molar-refractivity contribution in [1.82, 2.24) is 14.8 Å². The second-order valence-electron chi connectivity index (χ2n) is 8.09. The molecule has 0 radical (unpaired) electrons. The van der Waals surface area contributed by atoms with Gasteiger partial charge in [0, 0.05) is 17.9 Å². The highest BCUT2D eigenvalue weighted by molar-refractivity contribution is 5.95. The van der Waals surface area contributed by atoms with Gasteiger partial charge in [0.25, 0.3) is 0 Å². The third-order valence-corrected chi connectivity index (χ3v) is 5.64. The van der Waals surface area contributed by atoms with Gasteiger partial charge < -0.3 is 14.8 Å². The number of amides is 1. The highest BCUT2D eigenvalue weighted by Crippen LogP contribution is 2.26. The fraction of sp³-hybridized carbons (Fsp3) is 0.250. The molecule has 36 heavy (non-hydrogen) atoms. The molecule has 186 valence electrons. The van der Waals surface area contributed by atoms with E-state index >= 15 is 0 Å². The van der Waals surface area contributed by atoms with Crippen molar-refractivity contribution < 1.29 is 18.7 Å². The number of carbonyl (C=O) groups is 1. The Morgan fingerprint density at radius 1 is 1.00 bits per heavy atom. The van der Waals surface area contributed by atoms with Gasteiger partial charge in [-0.05, 0) is 55.3 Å². The summed E-state index contributed by atoms with van der Waals surface area (Å²) in [6, 6.07) is 23.3. The van der Waals surface area contributed by atoms with Crippen molar-refractivity contribution in [3.8, 4) is 23.1 Å². The van der Waals surface area contributed by atoms with Gasteiger partial charge in [0.1, 0.15) is 12.4 Å². The number of anilines is 1. The quantitative estimate of drug-likeness (QED) is 0.277. The van der Waals surface area contributed by atoms with Crippen LogP contribution in [0, 0.1) is 5.82 Å². The molecule has 0 aliphatic heterocycles. The van der Waals surface area contributed by atoms with Crippen LogP contribution in [0.15, 0.2) is 78.9 Å². The van der Waals surface area contributed by atoms with Gasteiger partial charge in [-0.25, -0.2) is 9.07 Å². The summed E-state index contributed by atoms with van der Waals surface area (Å²) in [7, 11) is 0. The minimum Gasteiger partial charge on any atom is -0.460 e. The van der Waals surface area contributed by atoms with E-state index in [-0.39, 0.29) is 23.7 Å². The van der Waals surface area contributed by atoms with Crippen molar-refractivity contribution in [1.29, 1.82) is 0 Å². The van der Waals surface area contributed by atoms with Gasteiger partial charge in [-0.15, -0.1) is 5.10 Å².